The van der Waals surface area contributed by atoms with Gasteiger partial charge in [0.25, 0.3) is 0 Å². The molecule has 19 heavy (non-hydrogen) atoms. The number of hydrazine groups is 1. The number of nitrogens with zero attached hydrogens (tertiary/aromatic N) is 1. The lowest BCUT2D eigenvalue weighted by Crippen LogP contribution is -2.51. The maximum absolute atomic E-state index is 9.58. The highest BCUT2D eigenvalue weighted by molar-refractivity contribution is 5.41. The third-order valence-corrected chi connectivity index (χ3v) is 3.90. The van der Waals surface area contributed by atoms with Gasteiger partial charge in [-0.25, -0.2) is 5.01 Å². The average molecular weight is 264 g/mol. The van der Waals surface area contributed by atoms with E-state index in [0.29, 0.717) is 17.8 Å². The fraction of sp³-hybridized carbons (Fsp3) is 0.600. The fourth-order valence-electron chi connectivity index (χ4n) is 2.75. The highest BCUT2D eigenvalue weighted by atomic mass is 16.5. The first kappa shape index (κ1) is 14.2. The van der Waals surface area contributed by atoms with Crippen molar-refractivity contribution in [2.24, 2.45) is 0 Å². The summed E-state index contributed by atoms with van der Waals surface area (Å²) in [7, 11) is 1.57. The largest absolute Gasteiger partial charge is 0.504 e. The molecule has 1 saturated heterocycles. The minimum atomic E-state index is 0.186. The second kappa shape index (κ2) is 6.26. The van der Waals surface area contributed by atoms with Gasteiger partial charge in [-0.05, 0) is 44.4 Å². The minimum absolute atomic E-state index is 0.186. The van der Waals surface area contributed by atoms with Crippen LogP contribution in [0.4, 0.5) is 0 Å². The third-order valence-electron chi connectivity index (χ3n) is 3.90. The molecule has 0 spiro atoms. The molecule has 1 aliphatic heterocycles. The first-order valence-electron chi connectivity index (χ1n) is 6.99. The average Bonchev–Trinajstić information content (AvgIpc) is 2.40. The molecular weight excluding hydrogens is 240 g/mol. The number of piperidine rings is 1. The summed E-state index contributed by atoms with van der Waals surface area (Å²) in [6, 6.07) is 6.62. The van der Waals surface area contributed by atoms with Crippen LogP contribution in [0.15, 0.2) is 18.2 Å². The molecule has 2 unspecified atom stereocenters. The Bertz CT molecular complexity index is 413. The van der Waals surface area contributed by atoms with Crippen molar-refractivity contribution >= 4 is 0 Å². The standard InChI is InChI=1S/C15H24N2O2/c1-11-5-4-6-12(2)17(11)16-10-13-7-8-14(18)15(9-13)19-3/h7-9,11-12,16,18H,4-6,10H2,1-3H3. The first-order valence-corrected chi connectivity index (χ1v) is 6.99. The smallest absolute Gasteiger partial charge is 0.160 e. The van der Waals surface area contributed by atoms with Gasteiger partial charge in [0.15, 0.2) is 11.5 Å². The lowest BCUT2D eigenvalue weighted by atomic mass is 10.00. The van der Waals surface area contributed by atoms with E-state index in [1.165, 1.54) is 19.3 Å². The number of phenolic OH excluding ortho intramolecular Hbond substituents is 1. The number of ether oxygens (including phenoxy) is 1. The van der Waals surface area contributed by atoms with Crippen molar-refractivity contribution in [3.8, 4) is 11.5 Å². The van der Waals surface area contributed by atoms with Crippen molar-refractivity contribution in [3.05, 3.63) is 23.8 Å². The highest BCUT2D eigenvalue weighted by Crippen LogP contribution is 2.26. The number of rotatable bonds is 4. The van der Waals surface area contributed by atoms with Gasteiger partial charge in [-0.15, -0.1) is 0 Å². The van der Waals surface area contributed by atoms with Crippen molar-refractivity contribution in [1.29, 1.82) is 0 Å². The van der Waals surface area contributed by atoms with Crippen LogP contribution in [-0.4, -0.2) is 29.3 Å². The zero-order chi connectivity index (χ0) is 13.8. The molecule has 1 heterocycles. The number of aromatic hydroxyl groups is 1. The van der Waals surface area contributed by atoms with Crippen molar-refractivity contribution in [1.82, 2.24) is 10.4 Å². The normalized spacial score (nSPS) is 24.4. The molecule has 2 rings (SSSR count). The van der Waals surface area contributed by atoms with Gasteiger partial charge in [-0.2, -0.15) is 0 Å². The lowest BCUT2D eigenvalue weighted by molar-refractivity contribution is 0.0435. The van der Waals surface area contributed by atoms with E-state index in [-0.39, 0.29) is 5.75 Å². The Morgan fingerprint density at radius 1 is 1.32 bits per heavy atom. The summed E-state index contributed by atoms with van der Waals surface area (Å²) in [5, 5.41) is 11.9. The van der Waals surface area contributed by atoms with E-state index in [1.54, 1.807) is 13.2 Å². The van der Waals surface area contributed by atoms with E-state index >= 15 is 0 Å². The quantitative estimate of drug-likeness (QED) is 0.877. The molecule has 4 nitrogen and oxygen atoms in total. The van der Waals surface area contributed by atoms with Gasteiger partial charge in [0.05, 0.1) is 7.11 Å². The Balaban J connectivity index is 1.98. The molecule has 2 N–H and O–H groups in total. The molecule has 0 aliphatic carbocycles. The van der Waals surface area contributed by atoms with Crippen LogP contribution in [0.25, 0.3) is 0 Å². The van der Waals surface area contributed by atoms with E-state index in [2.05, 4.69) is 24.3 Å². The van der Waals surface area contributed by atoms with Gasteiger partial charge in [-0.1, -0.05) is 12.5 Å². The van der Waals surface area contributed by atoms with Crippen LogP contribution in [0.5, 0.6) is 11.5 Å². The zero-order valence-corrected chi connectivity index (χ0v) is 12.0. The van der Waals surface area contributed by atoms with Crippen molar-refractivity contribution in [2.75, 3.05) is 7.11 Å². The molecule has 106 valence electrons. The predicted octanol–water partition coefficient (Wildman–Crippen LogP) is 2.67. The second-order valence-corrected chi connectivity index (χ2v) is 5.38. The van der Waals surface area contributed by atoms with Crippen LogP contribution in [0.3, 0.4) is 0 Å². The van der Waals surface area contributed by atoms with E-state index in [0.717, 1.165) is 12.1 Å². The molecule has 1 aromatic carbocycles. The van der Waals surface area contributed by atoms with Gasteiger partial charge in [0, 0.05) is 18.6 Å². The van der Waals surface area contributed by atoms with Crippen molar-refractivity contribution in [2.45, 2.75) is 51.7 Å². The van der Waals surface area contributed by atoms with E-state index in [4.69, 9.17) is 4.74 Å². The summed E-state index contributed by atoms with van der Waals surface area (Å²) in [5.74, 6) is 0.713. The van der Waals surface area contributed by atoms with Crippen molar-refractivity contribution in [3.63, 3.8) is 0 Å². The lowest BCUT2D eigenvalue weighted by Gasteiger charge is -2.39. The summed E-state index contributed by atoms with van der Waals surface area (Å²) in [5.41, 5.74) is 4.62. The van der Waals surface area contributed by atoms with Gasteiger partial charge in [0.2, 0.25) is 0 Å². The summed E-state index contributed by atoms with van der Waals surface area (Å²) < 4.78 is 5.13. The van der Waals surface area contributed by atoms with Crippen LogP contribution in [-0.2, 0) is 6.54 Å². The monoisotopic (exact) mass is 264 g/mol. The number of nitrogens with one attached hydrogen (secondary N) is 1. The molecule has 4 heteroatoms. The number of hydrogen-bond donors (Lipinski definition) is 2. The fourth-order valence-corrected chi connectivity index (χ4v) is 2.75. The molecule has 1 aliphatic rings. The van der Waals surface area contributed by atoms with E-state index in [1.807, 2.05) is 12.1 Å². The molecular formula is C15H24N2O2. The van der Waals surface area contributed by atoms with Crippen LogP contribution >= 0.6 is 0 Å². The Morgan fingerprint density at radius 2 is 2.00 bits per heavy atom. The Hall–Kier alpha value is -1.26. The van der Waals surface area contributed by atoms with Gasteiger partial charge >= 0.3 is 0 Å². The molecule has 0 amide bonds. The van der Waals surface area contributed by atoms with Crippen LogP contribution in [0.2, 0.25) is 0 Å². The summed E-state index contributed by atoms with van der Waals surface area (Å²) in [4.78, 5) is 0. The molecule has 0 aromatic heterocycles. The minimum Gasteiger partial charge on any atom is -0.504 e. The number of hydrogen-bond acceptors (Lipinski definition) is 4. The molecule has 1 fully saturated rings. The molecule has 0 bridgehead atoms. The third kappa shape index (κ3) is 3.39. The predicted molar refractivity (Wildman–Crippen MR) is 76.1 cm³/mol. The summed E-state index contributed by atoms with van der Waals surface area (Å²) in [6.45, 7) is 5.28. The SMILES string of the molecule is COc1cc(CNN2C(C)CCCC2C)ccc1O. The Kier molecular flexibility index (Phi) is 4.66. The van der Waals surface area contributed by atoms with Crippen molar-refractivity contribution < 1.29 is 9.84 Å². The number of phenols is 1. The molecule has 1 aromatic rings. The van der Waals surface area contributed by atoms with Gasteiger partial charge in [-0.3, -0.25) is 5.43 Å². The molecule has 2 atom stereocenters. The summed E-state index contributed by atoms with van der Waals surface area (Å²) in [6.07, 6.45) is 3.81. The Morgan fingerprint density at radius 3 is 2.63 bits per heavy atom. The second-order valence-electron chi connectivity index (χ2n) is 5.38. The van der Waals surface area contributed by atoms with E-state index in [9.17, 15) is 5.11 Å². The maximum atomic E-state index is 9.58. The summed E-state index contributed by atoms with van der Waals surface area (Å²) >= 11 is 0. The topological polar surface area (TPSA) is 44.7 Å². The van der Waals surface area contributed by atoms with Crippen LogP contribution in [0, 0.1) is 0 Å². The number of methoxy groups -OCH3 is 1. The molecule has 0 radical (unpaired) electrons. The van der Waals surface area contributed by atoms with E-state index < -0.39 is 0 Å². The van der Waals surface area contributed by atoms with Crippen LogP contribution in [0.1, 0.15) is 38.7 Å². The molecule has 0 saturated carbocycles. The van der Waals surface area contributed by atoms with Gasteiger partial charge < -0.3 is 9.84 Å². The van der Waals surface area contributed by atoms with Crippen LogP contribution < -0.4 is 10.2 Å². The Labute approximate surface area is 115 Å². The maximum Gasteiger partial charge on any atom is 0.160 e. The first-order chi connectivity index (χ1) is 9.11. The number of benzene rings is 1. The highest BCUT2D eigenvalue weighted by Gasteiger charge is 2.24. The van der Waals surface area contributed by atoms with Gasteiger partial charge in [0.1, 0.15) is 0 Å². The zero-order valence-electron chi connectivity index (χ0n) is 12.0.